The third-order valence-electron chi connectivity index (χ3n) is 4.32. The summed E-state index contributed by atoms with van der Waals surface area (Å²) in [6.07, 6.45) is 5.02. The number of rotatable bonds is 11. The van der Waals surface area contributed by atoms with Gasteiger partial charge in [-0.25, -0.2) is 8.42 Å². The third kappa shape index (κ3) is 6.78. The van der Waals surface area contributed by atoms with Gasteiger partial charge >= 0.3 is 6.01 Å². The molecule has 0 radical (unpaired) electrons. The number of allylic oxidation sites excluding steroid dienone is 1. The second-order valence-corrected chi connectivity index (χ2v) is 8.80. The second-order valence-electron chi connectivity index (χ2n) is 6.96. The summed E-state index contributed by atoms with van der Waals surface area (Å²) >= 11 is 0. The van der Waals surface area contributed by atoms with Crippen LogP contribution in [0.4, 0.5) is 5.82 Å². The van der Waals surface area contributed by atoms with Crippen molar-refractivity contribution in [3.63, 3.8) is 0 Å². The minimum atomic E-state index is -3.67. The molecule has 10 heteroatoms. The van der Waals surface area contributed by atoms with Crippen LogP contribution in [-0.2, 0) is 17.1 Å². The summed E-state index contributed by atoms with van der Waals surface area (Å²) in [5.74, 6) is 0.850. The van der Waals surface area contributed by atoms with Crippen molar-refractivity contribution >= 4 is 15.8 Å². The zero-order valence-corrected chi connectivity index (χ0v) is 18.9. The first-order chi connectivity index (χ1) is 15.8. The summed E-state index contributed by atoms with van der Waals surface area (Å²) in [6.45, 7) is 7.49. The average Bonchev–Trinajstić information content (AvgIpc) is 2.78. The lowest BCUT2D eigenvalue weighted by Gasteiger charge is -2.12. The van der Waals surface area contributed by atoms with Gasteiger partial charge in [0.15, 0.2) is 0 Å². The van der Waals surface area contributed by atoms with Gasteiger partial charge in [-0.3, -0.25) is 9.52 Å². The number of benzene rings is 1. The zero-order valence-electron chi connectivity index (χ0n) is 18.1. The SMILES string of the molecule is C=CCCS(=O)(=O)Nc1cc(-c2ccc(=O)n(C)c2)nc(Oc2cccc(OCC=C)c2)n1. The second kappa shape index (κ2) is 10.6. The molecule has 0 saturated carbocycles. The van der Waals surface area contributed by atoms with Crippen LogP contribution in [0.3, 0.4) is 0 Å². The molecule has 0 aliphatic carbocycles. The molecule has 0 aliphatic heterocycles. The standard InChI is InChI=1S/C23H24N4O5S/c1-4-6-13-33(29,30)26-21-15-20(17-10-11-22(28)27(3)16-17)24-23(25-21)32-19-9-7-8-18(14-19)31-12-5-2/h4-5,7-11,14-16H,1-2,6,12-13H2,3H3,(H,24,25,26). The van der Waals surface area contributed by atoms with Gasteiger partial charge in [0, 0.05) is 37.0 Å². The van der Waals surface area contributed by atoms with Gasteiger partial charge in [0.1, 0.15) is 23.9 Å². The summed E-state index contributed by atoms with van der Waals surface area (Å²) < 4.78 is 39.9. The molecule has 3 rings (SSSR count). The Kier molecular flexibility index (Phi) is 7.62. The van der Waals surface area contributed by atoms with Crippen molar-refractivity contribution in [1.29, 1.82) is 0 Å². The molecule has 172 valence electrons. The molecule has 0 unspecified atom stereocenters. The first-order valence-corrected chi connectivity index (χ1v) is 11.6. The fourth-order valence-corrected chi connectivity index (χ4v) is 3.76. The lowest BCUT2D eigenvalue weighted by atomic mass is 10.2. The Labute approximate surface area is 192 Å². The van der Waals surface area contributed by atoms with E-state index in [4.69, 9.17) is 9.47 Å². The molecule has 0 saturated heterocycles. The number of nitrogens with zero attached hydrogens (tertiary/aromatic N) is 3. The Balaban J connectivity index is 1.99. The molecule has 0 atom stereocenters. The number of aromatic nitrogens is 3. The van der Waals surface area contributed by atoms with E-state index in [0.717, 1.165) is 0 Å². The van der Waals surface area contributed by atoms with E-state index in [1.165, 1.54) is 22.8 Å². The molecule has 9 nitrogen and oxygen atoms in total. The van der Waals surface area contributed by atoms with E-state index in [-0.39, 0.29) is 29.6 Å². The molecule has 0 amide bonds. The number of hydrogen-bond donors (Lipinski definition) is 1. The van der Waals surface area contributed by atoms with E-state index in [2.05, 4.69) is 27.8 Å². The zero-order chi connectivity index (χ0) is 23.8. The Morgan fingerprint density at radius 3 is 2.61 bits per heavy atom. The first kappa shape index (κ1) is 23.7. The number of aryl methyl sites for hydroxylation is 1. The van der Waals surface area contributed by atoms with E-state index in [1.807, 2.05) is 0 Å². The van der Waals surface area contributed by atoms with Crippen LogP contribution >= 0.6 is 0 Å². The number of nitrogens with one attached hydrogen (secondary N) is 1. The molecule has 2 aromatic heterocycles. The molecule has 1 N–H and O–H groups in total. The maximum absolute atomic E-state index is 12.4. The highest BCUT2D eigenvalue weighted by Gasteiger charge is 2.15. The van der Waals surface area contributed by atoms with E-state index in [0.29, 0.717) is 29.4 Å². The van der Waals surface area contributed by atoms with Crippen LogP contribution in [0.2, 0.25) is 0 Å². The van der Waals surface area contributed by atoms with E-state index in [9.17, 15) is 13.2 Å². The van der Waals surface area contributed by atoms with Crippen molar-refractivity contribution in [2.75, 3.05) is 17.1 Å². The van der Waals surface area contributed by atoms with Crippen LogP contribution in [0.5, 0.6) is 17.5 Å². The quantitative estimate of drug-likeness (QED) is 0.429. The van der Waals surface area contributed by atoms with Gasteiger partial charge in [-0.15, -0.1) is 6.58 Å². The smallest absolute Gasteiger partial charge is 0.324 e. The molecule has 0 aliphatic rings. The van der Waals surface area contributed by atoms with Crippen LogP contribution in [0.1, 0.15) is 6.42 Å². The minimum Gasteiger partial charge on any atom is -0.489 e. The topological polar surface area (TPSA) is 112 Å². The summed E-state index contributed by atoms with van der Waals surface area (Å²) in [4.78, 5) is 20.4. The lowest BCUT2D eigenvalue weighted by Crippen LogP contribution is -2.17. The highest BCUT2D eigenvalue weighted by atomic mass is 32.2. The number of anilines is 1. The summed E-state index contributed by atoms with van der Waals surface area (Å²) in [5.41, 5.74) is 0.765. The molecule has 3 aromatic rings. The van der Waals surface area contributed by atoms with Crippen molar-refractivity contribution in [2.24, 2.45) is 7.05 Å². The van der Waals surface area contributed by atoms with E-state index < -0.39 is 10.0 Å². The molecule has 0 fully saturated rings. The molecule has 33 heavy (non-hydrogen) atoms. The van der Waals surface area contributed by atoms with Gasteiger partial charge in [0.2, 0.25) is 15.6 Å². The molecule has 0 spiro atoms. The fraction of sp³-hybridized carbons (Fsp3) is 0.174. The predicted octanol–water partition coefficient (Wildman–Crippen LogP) is 3.52. The van der Waals surface area contributed by atoms with Crippen LogP contribution in [-0.4, -0.2) is 35.3 Å². The normalized spacial score (nSPS) is 10.9. The predicted molar refractivity (Wildman–Crippen MR) is 127 cm³/mol. The van der Waals surface area contributed by atoms with Gasteiger partial charge in [-0.1, -0.05) is 24.8 Å². The van der Waals surface area contributed by atoms with Crippen molar-refractivity contribution in [2.45, 2.75) is 6.42 Å². The minimum absolute atomic E-state index is 0.0342. The largest absolute Gasteiger partial charge is 0.489 e. The van der Waals surface area contributed by atoms with Crippen molar-refractivity contribution < 1.29 is 17.9 Å². The van der Waals surface area contributed by atoms with Gasteiger partial charge in [-0.05, 0) is 24.6 Å². The molecular formula is C23H24N4O5S. The summed E-state index contributed by atoms with van der Waals surface area (Å²) in [5, 5.41) is 0. The molecular weight excluding hydrogens is 444 g/mol. The van der Waals surface area contributed by atoms with E-state index >= 15 is 0 Å². The summed E-state index contributed by atoms with van der Waals surface area (Å²) in [7, 11) is -2.06. The Bertz CT molecular complexity index is 1320. The number of sulfonamides is 1. The maximum Gasteiger partial charge on any atom is 0.324 e. The number of ether oxygens (including phenoxy) is 2. The lowest BCUT2D eigenvalue weighted by molar-refractivity contribution is 0.359. The van der Waals surface area contributed by atoms with Crippen molar-refractivity contribution in [3.8, 4) is 28.8 Å². The monoisotopic (exact) mass is 468 g/mol. The van der Waals surface area contributed by atoms with Crippen LogP contribution in [0.25, 0.3) is 11.3 Å². The molecule has 1 aromatic carbocycles. The van der Waals surface area contributed by atoms with Crippen LogP contribution in [0, 0.1) is 0 Å². The Morgan fingerprint density at radius 2 is 1.88 bits per heavy atom. The number of pyridine rings is 1. The fourth-order valence-electron chi connectivity index (χ4n) is 2.75. The highest BCUT2D eigenvalue weighted by Crippen LogP contribution is 2.27. The Hall–Kier alpha value is -3.92. The van der Waals surface area contributed by atoms with Gasteiger partial charge in [0.25, 0.3) is 0 Å². The molecule has 2 heterocycles. The van der Waals surface area contributed by atoms with Crippen LogP contribution in [0.15, 0.2) is 78.8 Å². The third-order valence-corrected chi connectivity index (χ3v) is 5.61. The van der Waals surface area contributed by atoms with Gasteiger partial charge in [-0.2, -0.15) is 9.97 Å². The van der Waals surface area contributed by atoms with Gasteiger partial charge < -0.3 is 14.0 Å². The van der Waals surface area contributed by atoms with Crippen molar-refractivity contribution in [3.05, 3.63) is 84.3 Å². The average molecular weight is 469 g/mol. The Morgan fingerprint density at radius 1 is 1.09 bits per heavy atom. The summed E-state index contributed by atoms with van der Waals surface area (Å²) in [6, 6.07) is 11.2. The van der Waals surface area contributed by atoms with E-state index in [1.54, 1.807) is 49.7 Å². The first-order valence-electron chi connectivity index (χ1n) is 9.99. The van der Waals surface area contributed by atoms with Crippen molar-refractivity contribution in [1.82, 2.24) is 14.5 Å². The van der Waals surface area contributed by atoms with Crippen LogP contribution < -0.4 is 19.8 Å². The molecule has 0 bridgehead atoms. The maximum atomic E-state index is 12.4. The highest BCUT2D eigenvalue weighted by molar-refractivity contribution is 7.92. The van der Waals surface area contributed by atoms with Gasteiger partial charge in [0.05, 0.1) is 11.4 Å². The number of hydrogen-bond acceptors (Lipinski definition) is 7.